The summed E-state index contributed by atoms with van der Waals surface area (Å²) in [5.41, 5.74) is 0. The van der Waals surface area contributed by atoms with Crippen LogP contribution in [0.3, 0.4) is 0 Å². The first kappa shape index (κ1) is 34.0. The molecule has 0 aromatic heterocycles. The summed E-state index contributed by atoms with van der Waals surface area (Å²) >= 11 is 0. The van der Waals surface area contributed by atoms with Crippen LogP contribution in [0.15, 0.2) is 12.2 Å². The van der Waals surface area contributed by atoms with Crippen LogP contribution < -0.4 is 5.32 Å². The molecule has 8 heteroatoms. The number of hydrogen-bond acceptors (Lipinski definition) is 5. The number of hydrogen-bond donors (Lipinski definition) is 4. The first-order valence-corrected chi connectivity index (χ1v) is 15.6. The normalized spacial score (nSPS) is 14.8. The number of carbonyl (C=O) groups excluding carboxylic acids is 1. The maximum absolute atomic E-state index is 12.4. The maximum Gasteiger partial charge on any atom is 0.266 e. The second kappa shape index (κ2) is 22.3. The van der Waals surface area contributed by atoms with Crippen LogP contribution in [0.1, 0.15) is 129 Å². The molecule has 35 heavy (non-hydrogen) atoms. The van der Waals surface area contributed by atoms with Crippen molar-refractivity contribution in [2.75, 3.05) is 5.75 Å². The fourth-order valence-electron chi connectivity index (χ4n) is 4.10. The Morgan fingerprint density at radius 2 is 1.20 bits per heavy atom. The lowest BCUT2D eigenvalue weighted by Crippen LogP contribution is -2.50. The van der Waals surface area contributed by atoms with Crippen LogP contribution in [-0.4, -0.2) is 53.1 Å². The topological polar surface area (TPSA) is 124 Å². The van der Waals surface area contributed by atoms with Gasteiger partial charge in [0.25, 0.3) is 10.1 Å². The quantitative estimate of drug-likeness (QED) is 0.0737. The van der Waals surface area contributed by atoms with Gasteiger partial charge >= 0.3 is 0 Å². The summed E-state index contributed by atoms with van der Waals surface area (Å²) < 4.78 is 32.0. The Morgan fingerprint density at radius 1 is 0.743 bits per heavy atom. The van der Waals surface area contributed by atoms with Crippen LogP contribution in [0, 0.1) is 0 Å². The Bertz CT molecular complexity index is 638. The zero-order valence-corrected chi connectivity index (χ0v) is 23.1. The van der Waals surface area contributed by atoms with Crippen molar-refractivity contribution < 1.29 is 28.0 Å². The van der Waals surface area contributed by atoms with Crippen molar-refractivity contribution in [1.29, 1.82) is 0 Å². The van der Waals surface area contributed by atoms with Gasteiger partial charge in [-0.15, -0.1) is 0 Å². The summed E-state index contributed by atoms with van der Waals surface area (Å²) in [5.74, 6) is -1.47. The molecule has 4 N–H and O–H groups in total. The molecule has 0 saturated heterocycles. The van der Waals surface area contributed by atoms with Gasteiger partial charge in [-0.2, -0.15) is 8.42 Å². The van der Waals surface area contributed by atoms with Crippen molar-refractivity contribution in [3.8, 4) is 0 Å². The SMILES string of the molecule is CCCCC/C=C\CCCCCCC(O)C(=O)NC(CS(=O)(=O)O)C(O)CCCCCCCCC. The van der Waals surface area contributed by atoms with E-state index in [1.54, 1.807) is 0 Å². The van der Waals surface area contributed by atoms with Crippen molar-refractivity contribution >= 4 is 16.0 Å². The molecule has 0 spiro atoms. The zero-order valence-electron chi connectivity index (χ0n) is 22.3. The standard InChI is InChI=1S/C27H53NO6S/c1-3-5-7-9-11-12-13-14-16-18-20-22-26(30)27(31)28-24(23-35(32,33)34)25(29)21-19-17-15-10-8-6-4-2/h11-12,24-26,29-30H,3-10,13-23H2,1-2H3,(H,28,31)(H,32,33,34)/b12-11-. The van der Waals surface area contributed by atoms with E-state index >= 15 is 0 Å². The highest BCUT2D eigenvalue weighted by Gasteiger charge is 2.28. The largest absolute Gasteiger partial charge is 0.391 e. The molecular weight excluding hydrogens is 466 g/mol. The van der Waals surface area contributed by atoms with Gasteiger partial charge in [0, 0.05) is 0 Å². The number of allylic oxidation sites excluding steroid dienone is 2. The lowest BCUT2D eigenvalue weighted by atomic mass is 10.0. The molecule has 0 aliphatic carbocycles. The van der Waals surface area contributed by atoms with E-state index < -0.39 is 40.0 Å². The van der Waals surface area contributed by atoms with E-state index in [1.807, 2.05) is 0 Å². The van der Waals surface area contributed by atoms with Gasteiger partial charge in [-0.25, -0.2) is 0 Å². The minimum atomic E-state index is -4.39. The summed E-state index contributed by atoms with van der Waals surface area (Å²) in [6, 6.07) is -1.14. The molecule has 208 valence electrons. The van der Waals surface area contributed by atoms with Crippen LogP contribution in [-0.2, 0) is 14.9 Å². The molecule has 0 fully saturated rings. The average Bonchev–Trinajstić information content (AvgIpc) is 2.80. The predicted molar refractivity (Wildman–Crippen MR) is 144 cm³/mol. The van der Waals surface area contributed by atoms with E-state index in [1.165, 1.54) is 38.5 Å². The molecule has 0 radical (unpaired) electrons. The first-order chi connectivity index (χ1) is 16.7. The van der Waals surface area contributed by atoms with Gasteiger partial charge in [-0.3, -0.25) is 9.35 Å². The first-order valence-electron chi connectivity index (χ1n) is 14.0. The highest BCUT2D eigenvalue weighted by molar-refractivity contribution is 7.85. The smallest absolute Gasteiger partial charge is 0.266 e. The van der Waals surface area contributed by atoms with E-state index in [-0.39, 0.29) is 6.42 Å². The van der Waals surface area contributed by atoms with E-state index in [0.29, 0.717) is 19.3 Å². The number of nitrogens with one attached hydrogen (secondary N) is 1. The van der Waals surface area contributed by atoms with Gasteiger partial charge in [0.05, 0.1) is 17.9 Å². The van der Waals surface area contributed by atoms with Crippen molar-refractivity contribution in [2.24, 2.45) is 0 Å². The van der Waals surface area contributed by atoms with Crippen molar-refractivity contribution in [3.05, 3.63) is 12.2 Å². The predicted octanol–water partition coefficient (Wildman–Crippen LogP) is 5.70. The van der Waals surface area contributed by atoms with E-state index in [0.717, 1.165) is 51.4 Å². The average molecular weight is 520 g/mol. The van der Waals surface area contributed by atoms with E-state index in [4.69, 9.17) is 0 Å². The fraction of sp³-hybridized carbons (Fsp3) is 0.889. The fourth-order valence-corrected chi connectivity index (χ4v) is 4.86. The van der Waals surface area contributed by atoms with Crippen LogP contribution >= 0.6 is 0 Å². The third-order valence-corrected chi connectivity index (χ3v) is 7.11. The second-order valence-corrected chi connectivity index (χ2v) is 11.3. The summed E-state index contributed by atoms with van der Waals surface area (Å²) in [6.45, 7) is 4.36. The van der Waals surface area contributed by atoms with Crippen LogP contribution in [0.25, 0.3) is 0 Å². The Hall–Kier alpha value is -0.960. The molecular formula is C27H53NO6S. The minimum absolute atomic E-state index is 0.283. The monoisotopic (exact) mass is 519 g/mol. The second-order valence-electron chi connectivity index (χ2n) is 9.82. The molecule has 0 aliphatic rings. The van der Waals surface area contributed by atoms with Crippen molar-refractivity contribution in [3.63, 3.8) is 0 Å². The molecule has 7 nitrogen and oxygen atoms in total. The molecule has 0 saturated carbocycles. The Morgan fingerprint density at radius 3 is 1.77 bits per heavy atom. The number of rotatable bonds is 24. The number of carbonyl (C=O) groups is 1. The molecule has 0 rings (SSSR count). The molecule has 0 bridgehead atoms. The third-order valence-electron chi connectivity index (χ3n) is 6.33. The lowest BCUT2D eigenvalue weighted by molar-refractivity contribution is -0.131. The number of unbranched alkanes of at least 4 members (excludes halogenated alkanes) is 13. The molecule has 0 aromatic carbocycles. The summed E-state index contributed by atoms with van der Waals surface area (Å²) in [7, 11) is -4.39. The zero-order chi connectivity index (χ0) is 26.4. The highest BCUT2D eigenvalue weighted by atomic mass is 32.2. The number of amides is 1. The number of aliphatic hydroxyl groups excluding tert-OH is 2. The molecule has 0 aromatic rings. The van der Waals surface area contributed by atoms with Gasteiger partial charge < -0.3 is 15.5 Å². The van der Waals surface area contributed by atoms with Gasteiger partial charge in [0.2, 0.25) is 5.91 Å². The molecule has 3 atom stereocenters. The highest BCUT2D eigenvalue weighted by Crippen LogP contribution is 2.13. The Labute approximate surface area is 214 Å². The van der Waals surface area contributed by atoms with Crippen molar-refractivity contribution in [2.45, 2.75) is 148 Å². The third kappa shape index (κ3) is 22.0. The Kier molecular flexibility index (Phi) is 21.6. The Balaban J connectivity index is 4.25. The summed E-state index contributed by atoms with van der Waals surface area (Å²) in [6.07, 6.45) is 19.8. The summed E-state index contributed by atoms with van der Waals surface area (Å²) in [4.78, 5) is 12.4. The van der Waals surface area contributed by atoms with Crippen molar-refractivity contribution in [1.82, 2.24) is 5.32 Å². The van der Waals surface area contributed by atoms with Gasteiger partial charge in [-0.05, 0) is 38.5 Å². The molecule has 3 unspecified atom stereocenters. The summed E-state index contributed by atoms with van der Waals surface area (Å²) in [5, 5.41) is 23.1. The number of aliphatic hydroxyl groups is 2. The van der Waals surface area contributed by atoms with Gasteiger partial charge in [0.15, 0.2) is 0 Å². The minimum Gasteiger partial charge on any atom is -0.391 e. The van der Waals surface area contributed by atoms with E-state index in [2.05, 4.69) is 31.3 Å². The van der Waals surface area contributed by atoms with E-state index in [9.17, 15) is 28.0 Å². The van der Waals surface area contributed by atoms with Crippen LogP contribution in [0.2, 0.25) is 0 Å². The van der Waals surface area contributed by atoms with Crippen LogP contribution in [0.5, 0.6) is 0 Å². The molecule has 1 amide bonds. The van der Waals surface area contributed by atoms with Crippen LogP contribution in [0.4, 0.5) is 0 Å². The lowest BCUT2D eigenvalue weighted by Gasteiger charge is -2.24. The molecule has 0 heterocycles. The maximum atomic E-state index is 12.4. The van der Waals surface area contributed by atoms with Gasteiger partial charge in [0.1, 0.15) is 6.10 Å². The molecule has 0 aliphatic heterocycles. The van der Waals surface area contributed by atoms with Gasteiger partial charge in [-0.1, -0.05) is 103 Å².